The van der Waals surface area contributed by atoms with Crippen LogP contribution in [0.3, 0.4) is 0 Å². The smallest absolute Gasteiger partial charge is 0.143 e. The molecule has 0 radical (unpaired) electrons. The van der Waals surface area contributed by atoms with E-state index in [1.807, 2.05) is 6.07 Å². The van der Waals surface area contributed by atoms with Crippen molar-refractivity contribution in [3.8, 4) is 44.5 Å². The molecule has 0 unspecified atom stereocenters. The fourth-order valence-corrected chi connectivity index (χ4v) is 9.28. The molecule has 0 saturated carbocycles. The number of benzene rings is 9. The van der Waals surface area contributed by atoms with Crippen LogP contribution in [0.4, 0.5) is 17.1 Å². The van der Waals surface area contributed by atoms with Crippen molar-refractivity contribution in [2.24, 2.45) is 0 Å². The van der Waals surface area contributed by atoms with Crippen LogP contribution < -0.4 is 4.90 Å². The van der Waals surface area contributed by atoms with Crippen molar-refractivity contribution >= 4 is 49.8 Å². The lowest BCUT2D eigenvalue weighted by molar-refractivity contribution is 0.660. The van der Waals surface area contributed by atoms with E-state index in [2.05, 4.69) is 213 Å². The van der Waals surface area contributed by atoms with Gasteiger partial charge < -0.3 is 9.32 Å². The minimum atomic E-state index is -0.100. The molecule has 0 saturated heterocycles. The Morgan fingerprint density at radius 1 is 0.404 bits per heavy atom. The van der Waals surface area contributed by atoms with Gasteiger partial charge in [0.1, 0.15) is 11.2 Å². The van der Waals surface area contributed by atoms with Crippen LogP contribution in [0.5, 0.6) is 0 Å². The number of nitrogens with zero attached hydrogens (tertiary/aromatic N) is 1. The van der Waals surface area contributed by atoms with Crippen LogP contribution in [0.15, 0.2) is 205 Å². The Morgan fingerprint density at radius 3 is 1.88 bits per heavy atom. The minimum Gasteiger partial charge on any atom is -0.455 e. The average Bonchev–Trinajstić information content (AvgIpc) is 3.76. The van der Waals surface area contributed by atoms with Gasteiger partial charge in [-0.3, -0.25) is 0 Å². The van der Waals surface area contributed by atoms with Crippen molar-refractivity contribution in [1.82, 2.24) is 0 Å². The average molecular weight is 730 g/mol. The first-order chi connectivity index (χ1) is 28.0. The van der Waals surface area contributed by atoms with E-state index in [1.54, 1.807) is 0 Å². The third-order valence-corrected chi connectivity index (χ3v) is 12.0. The summed E-state index contributed by atoms with van der Waals surface area (Å²) >= 11 is 0. The Bertz CT molecular complexity index is 3180. The first-order valence-electron chi connectivity index (χ1n) is 19.8. The minimum absolute atomic E-state index is 0.100. The van der Waals surface area contributed by atoms with E-state index in [1.165, 1.54) is 55.3 Å². The summed E-state index contributed by atoms with van der Waals surface area (Å²) in [5, 5.41) is 4.73. The highest BCUT2D eigenvalue weighted by Gasteiger charge is 2.37. The normalized spacial score (nSPS) is 12.9. The highest BCUT2D eigenvalue weighted by molar-refractivity contribution is 6.10. The van der Waals surface area contributed by atoms with Gasteiger partial charge in [0.25, 0.3) is 0 Å². The predicted molar refractivity (Wildman–Crippen MR) is 240 cm³/mol. The van der Waals surface area contributed by atoms with Gasteiger partial charge in [-0.25, -0.2) is 0 Å². The van der Waals surface area contributed by atoms with Gasteiger partial charge in [0, 0.05) is 38.7 Å². The fraction of sp³-hybridized carbons (Fsp3) is 0.0545. The summed E-state index contributed by atoms with van der Waals surface area (Å²) < 4.78 is 6.55. The molecule has 2 heteroatoms. The zero-order chi connectivity index (χ0) is 38.1. The second-order valence-electron chi connectivity index (χ2n) is 15.7. The second kappa shape index (κ2) is 13.0. The van der Waals surface area contributed by atoms with Crippen LogP contribution in [0.2, 0.25) is 0 Å². The number of anilines is 3. The summed E-state index contributed by atoms with van der Waals surface area (Å²) in [6.45, 7) is 4.71. The number of hydrogen-bond donors (Lipinski definition) is 0. The van der Waals surface area contributed by atoms with Gasteiger partial charge in [-0.1, -0.05) is 172 Å². The maximum Gasteiger partial charge on any atom is 0.143 e. The standard InChI is InChI=1S/C55H39NO/c1-55(2)49-27-8-5-23-48(49)53-46(25-14-28-50(53)55)44-21-6-9-29-51(44)56(41-19-11-17-38(34-41)39-32-31-36-15-3-4-16-37(36)33-39)42-20-12-18-40(35-42)43-24-13-26-47-45-22-7-10-30-52(45)57-54(43)47/h3-35H,1-2H3. The highest BCUT2D eigenvalue weighted by atomic mass is 16.3. The molecular weight excluding hydrogens is 691 g/mol. The zero-order valence-electron chi connectivity index (χ0n) is 31.9. The summed E-state index contributed by atoms with van der Waals surface area (Å²) in [4.78, 5) is 2.44. The third-order valence-electron chi connectivity index (χ3n) is 12.0. The van der Waals surface area contributed by atoms with E-state index < -0.39 is 0 Å². The van der Waals surface area contributed by atoms with Crippen molar-refractivity contribution in [1.29, 1.82) is 0 Å². The topological polar surface area (TPSA) is 16.4 Å². The molecule has 0 amide bonds. The molecule has 57 heavy (non-hydrogen) atoms. The quantitative estimate of drug-likeness (QED) is 0.169. The van der Waals surface area contributed by atoms with Gasteiger partial charge in [0.05, 0.1) is 5.69 Å². The second-order valence-corrected chi connectivity index (χ2v) is 15.7. The lowest BCUT2D eigenvalue weighted by Crippen LogP contribution is -2.15. The van der Waals surface area contributed by atoms with E-state index in [-0.39, 0.29) is 5.41 Å². The van der Waals surface area contributed by atoms with Crippen LogP contribution in [0.25, 0.3) is 77.2 Å². The Kier molecular flexibility index (Phi) is 7.55. The molecule has 270 valence electrons. The van der Waals surface area contributed by atoms with E-state index >= 15 is 0 Å². The van der Waals surface area contributed by atoms with Crippen molar-refractivity contribution in [3.05, 3.63) is 211 Å². The molecule has 2 nitrogen and oxygen atoms in total. The molecule has 10 aromatic rings. The first-order valence-corrected chi connectivity index (χ1v) is 19.8. The number of rotatable bonds is 6. The molecule has 0 fully saturated rings. The molecule has 1 heterocycles. The van der Waals surface area contributed by atoms with Crippen LogP contribution in [0, 0.1) is 0 Å². The Labute approximate surface area is 332 Å². The fourth-order valence-electron chi connectivity index (χ4n) is 9.28. The molecule has 0 atom stereocenters. The van der Waals surface area contributed by atoms with Crippen molar-refractivity contribution in [2.45, 2.75) is 19.3 Å². The van der Waals surface area contributed by atoms with E-state index in [0.29, 0.717) is 0 Å². The lowest BCUT2D eigenvalue weighted by atomic mass is 9.82. The molecule has 0 N–H and O–H groups in total. The number of furan rings is 1. The van der Waals surface area contributed by atoms with E-state index in [0.717, 1.165) is 50.1 Å². The number of hydrogen-bond acceptors (Lipinski definition) is 2. The molecule has 11 rings (SSSR count). The Balaban J connectivity index is 1.13. The molecule has 0 spiro atoms. The van der Waals surface area contributed by atoms with Gasteiger partial charge >= 0.3 is 0 Å². The van der Waals surface area contributed by atoms with Gasteiger partial charge in [0.2, 0.25) is 0 Å². The van der Waals surface area contributed by atoms with Gasteiger partial charge in [0.15, 0.2) is 0 Å². The van der Waals surface area contributed by atoms with Crippen molar-refractivity contribution in [3.63, 3.8) is 0 Å². The van der Waals surface area contributed by atoms with Crippen LogP contribution in [0.1, 0.15) is 25.0 Å². The predicted octanol–water partition coefficient (Wildman–Crippen LogP) is 15.5. The van der Waals surface area contributed by atoms with Gasteiger partial charge in [-0.05, 0) is 97.7 Å². The summed E-state index contributed by atoms with van der Waals surface area (Å²) in [7, 11) is 0. The third kappa shape index (κ3) is 5.33. The van der Waals surface area contributed by atoms with E-state index in [9.17, 15) is 0 Å². The monoisotopic (exact) mass is 729 g/mol. The van der Waals surface area contributed by atoms with Gasteiger partial charge in [-0.15, -0.1) is 0 Å². The Morgan fingerprint density at radius 2 is 1.00 bits per heavy atom. The van der Waals surface area contributed by atoms with Gasteiger partial charge in [-0.2, -0.15) is 0 Å². The maximum absolute atomic E-state index is 6.55. The molecule has 1 aliphatic carbocycles. The molecule has 0 bridgehead atoms. The summed E-state index contributed by atoms with van der Waals surface area (Å²) in [6, 6.07) is 72.7. The lowest BCUT2D eigenvalue weighted by Gasteiger charge is -2.29. The summed E-state index contributed by atoms with van der Waals surface area (Å²) in [6.07, 6.45) is 0. The number of para-hydroxylation sites is 3. The maximum atomic E-state index is 6.55. The van der Waals surface area contributed by atoms with E-state index in [4.69, 9.17) is 4.42 Å². The van der Waals surface area contributed by atoms with Crippen LogP contribution in [-0.2, 0) is 5.41 Å². The molecule has 0 aliphatic heterocycles. The van der Waals surface area contributed by atoms with Crippen LogP contribution in [-0.4, -0.2) is 0 Å². The summed E-state index contributed by atoms with van der Waals surface area (Å²) in [5.41, 5.74) is 17.3. The SMILES string of the molecule is CC1(C)c2ccccc2-c2c(-c3ccccc3N(c3cccc(-c4ccc5ccccc5c4)c3)c3cccc(-c4cccc5c4oc4ccccc45)c3)cccc21. The highest BCUT2D eigenvalue weighted by Crippen LogP contribution is 2.54. The summed E-state index contributed by atoms with van der Waals surface area (Å²) in [5.74, 6) is 0. The molecule has 1 aliphatic rings. The molecular formula is C55H39NO. The first kappa shape index (κ1) is 33.2. The Hall–Kier alpha value is -7.16. The molecule has 9 aromatic carbocycles. The number of fused-ring (bicyclic) bond motifs is 7. The van der Waals surface area contributed by atoms with Crippen molar-refractivity contribution < 1.29 is 4.42 Å². The largest absolute Gasteiger partial charge is 0.455 e. The molecule has 1 aromatic heterocycles. The van der Waals surface area contributed by atoms with Crippen LogP contribution >= 0.6 is 0 Å². The van der Waals surface area contributed by atoms with Crippen molar-refractivity contribution in [2.75, 3.05) is 4.90 Å². The zero-order valence-corrected chi connectivity index (χ0v) is 31.9.